The number of halogens is 1. The van der Waals surface area contributed by atoms with Crippen LogP contribution in [0.4, 0.5) is 15.8 Å². The van der Waals surface area contributed by atoms with Crippen LogP contribution in [0.5, 0.6) is 0 Å². The lowest BCUT2D eigenvalue weighted by atomic mass is 9.90. The fourth-order valence-corrected chi connectivity index (χ4v) is 3.08. The summed E-state index contributed by atoms with van der Waals surface area (Å²) in [5.41, 5.74) is -1.21. The number of anilines is 1. The Labute approximate surface area is 121 Å². The van der Waals surface area contributed by atoms with Gasteiger partial charge in [-0.25, -0.2) is 9.18 Å². The van der Waals surface area contributed by atoms with E-state index in [-0.39, 0.29) is 11.4 Å². The van der Waals surface area contributed by atoms with Gasteiger partial charge in [0, 0.05) is 18.3 Å². The molecule has 2 rings (SSSR count). The van der Waals surface area contributed by atoms with Crippen LogP contribution in [0.1, 0.15) is 32.6 Å². The molecular weight excluding hydrogens is 279 g/mol. The maximum absolute atomic E-state index is 13.6. The van der Waals surface area contributed by atoms with Crippen molar-refractivity contribution in [3.63, 3.8) is 0 Å². The van der Waals surface area contributed by atoms with Gasteiger partial charge in [0.15, 0.2) is 0 Å². The average molecular weight is 296 g/mol. The molecule has 6 nitrogen and oxygen atoms in total. The van der Waals surface area contributed by atoms with Crippen LogP contribution >= 0.6 is 0 Å². The SMILES string of the molecule is CCCC1(C(=O)O)CCCN1c1cc(F)cc([N+](=O)[O-])c1. The van der Waals surface area contributed by atoms with E-state index in [9.17, 15) is 24.4 Å². The Hall–Kier alpha value is -2.18. The number of nitro benzene ring substituents is 1. The summed E-state index contributed by atoms with van der Waals surface area (Å²) in [6, 6.07) is 3.23. The molecule has 1 unspecified atom stereocenters. The molecule has 0 bridgehead atoms. The van der Waals surface area contributed by atoms with Crippen molar-refractivity contribution < 1.29 is 19.2 Å². The van der Waals surface area contributed by atoms with Gasteiger partial charge in [-0.3, -0.25) is 10.1 Å². The highest BCUT2D eigenvalue weighted by atomic mass is 19.1. The number of hydrogen-bond donors (Lipinski definition) is 1. The second kappa shape index (κ2) is 5.67. The molecule has 1 aliphatic heterocycles. The maximum atomic E-state index is 13.6. The first-order chi connectivity index (χ1) is 9.90. The number of hydrogen-bond acceptors (Lipinski definition) is 4. The highest BCUT2D eigenvalue weighted by Gasteiger charge is 2.47. The Bertz CT molecular complexity index is 578. The lowest BCUT2D eigenvalue weighted by Crippen LogP contribution is -2.50. The lowest BCUT2D eigenvalue weighted by molar-refractivity contribution is -0.385. The highest BCUT2D eigenvalue weighted by Crippen LogP contribution is 2.39. The third-order valence-electron chi connectivity index (χ3n) is 3.94. The summed E-state index contributed by atoms with van der Waals surface area (Å²) >= 11 is 0. The van der Waals surface area contributed by atoms with E-state index in [1.54, 1.807) is 4.90 Å². The van der Waals surface area contributed by atoms with Crippen molar-refractivity contribution in [1.29, 1.82) is 0 Å². The summed E-state index contributed by atoms with van der Waals surface area (Å²) in [7, 11) is 0. The second-order valence-electron chi connectivity index (χ2n) is 5.27. The molecule has 1 N–H and O–H groups in total. The van der Waals surface area contributed by atoms with E-state index in [1.807, 2.05) is 6.92 Å². The van der Waals surface area contributed by atoms with Gasteiger partial charge in [-0.1, -0.05) is 13.3 Å². The zero-order valence-corrected chi connectivity index (χ0v) is 11.7. The summed E-state index contributed by atoms with van der Waals surface area (Å²) < 4.78 is 13.6. The molecule has 0 amide bonds. The predicted molar refractivity (Wildman–Crippen MR) is 74.9 cm³/mol. The molecule has 1 aromatic rings. The van der Waals surface area contributed by atoms with Crippen molar-refractivity contribution >= 4 is 17.3 Å². The molecule has 0 aromatic heterocycles. The van der Waals surface area contributed by atoms with Crippen LogP contribution < -0.4 is 4.90 Å². The van der Waals surface area contributed by atoms with E-state index in [0.29, 0.717) is 32.2 Å². The fraction of sp³-hybridized carbons (Fsp3) is 0.500. The first-order valence-corrected chi connectivity index (χ1v) is 6.87. The zero-order chi connectivity index (χ0) is 15.6. The van der Waals surface area contributed by atoms with Crippen molar-refractivity contribution in [2.24, 2.45) is 0 Å². The minimum Gasteiger partial charge on any atom is -0.479 e. The van der Waals surface area contributed by atoms with Crippen molar-refractivity contribution in [1.82, 2.24) is 0 Å². The van der Waals surface area contributed by atoms with Crippen LogP contribution in [0, 0.1) is 15.9 Å². The van der Waals surface area contributed by atoms with Gasteiger partial charge < -0.3 is 10.0 Å². The predicted octanol–water partition coefficient (Wildman–Crippen LogP) is 2.96. The van der Waals surface area contributed by atoms with Crippen molar-refractivity contribution in [3.8, 4) is 0 Å². The molecule has 1 aromatic carbocycles. The third kappa shape index (κ3) is 2.68. The van der Waals surface area contributed by atoms with Gasteiger partial charge in [-0.2, -0.15) is 0 Å². The monoisotopic (exact) mass is 296 g/mol. The van der Waals surface area contributed by atoms with Crippen LogP contribution in [0.2, 0.25) is 0 Å². The Morgan fingerprint density at radius 2 is 2.24 bits per heavy atom. The molecule has 1 heterocycles. The summed E-state index contributed by atoms with van der Waals surface area (Å²) in [6.45, 7) is 2.34. The molecule has 1 saturated heterocycles. The van der Waals surface area contributed by atoms with E-state index in [0.717, 1.165) is 12.1 Å². The number of carboxylic acids is 1. The number of carboxylic acid groups (broad SMARTS) is 1. The Morgan fingerprint density at radius 3 is 2.81 bits per heavy atom. The standard InChI is InChI=1S/C14H17FN2O4/c1-2-4-14(13(18)19)5-3-6-16(14)11-7-10(15)8-12(9-11)17(20)21/h7-9H,2-6H2,1H3,(H,18,19). The smallest absolute Gasteiger partial charge is 0.329 e. The number of nitro groups is 1. The minimum atomic E-state index is -1.10. The summed E-state index contributed by atoms with van der Waals surface area (Å²) in [5.74, 6) is -1.70. The Balaban J connectivity index is 2.48. The van der Waals surface area contributed by atoms with Crippen molar-refractivity contribution in [2.45, 2.75) is 38.1 Å². The van der Waals surface area contributed by atoms with Crippen LogP contribution in [-0.2, 0) is 4.79 Å². The quantitative estimate of drug-likeness (QED) is 0.667. The highest BCUT2D eigenvalue weighted by molar-refractivity contribution is 5.84. The molecule has 21 heavy (non-hydrogen) atoms. The van der Waals surface area contributed by atoms with E-state index in [4.69, 9.17) is 0 Å². The maximum Gasteiger partial charge on any atom is 0.329 e. The molecule has 0 aliphatic carbocycles. The average Bonchev–Trinajstić information content (AvgIpc) is 2.83. The van der Waals surface area contributed by atoms with E-state index < -0.39 is 22.2 Å². The molecule has 114 valence electrons. The number of benzene rings is 1. The lowest BCUT2D eigenvalue weighted by Gasteiger charge is -2.36. The fourth-order valence-electron chi connectivity index (χ4n) is 3.08. The molecule has 1 atom stereocenters. The third-order valence-corrected chi connectivity index (χ3v) is 3.94. The van der Waals surface area contributed by atoms with Gasteiger partial charge in [0.1, 0.15) is 11.4 Å². The molecule has 1 fully saturated rings. The molecule has 0 radical (unpaired) electrons. The van der Waals surface area contributed by atoms with Gasteiger partial charge in [-0.15, -0.1) is 0 Å². The van der Waals surface area contributed by atoms with Crippen LogP contribution in [0.3, 0.4) is 0 Å². The minimum absolute atomic E-state index is 0.259. The first-order valence-electron chi connectivity index (χ1n) is 6.87. The van der Waals surface area contributed by atoms with Crippen LogP contribution in [-0.4, -0.2) is 28.1 Å². The largest absolute Gasteiger partial charge is 0.479 e. The normalized spacial score (nSPS) is 21.5. The molecule has 1 aliphatic rings. The van der Waals surface area contributed by atoms with Crippen molar-refractivity contribution in [2.75, 3.05) is 11.4 Å². The van der Waals surface area contributed by atoms with E-state index >= 15 is 0 Å². The number of non-ortho nitro benzene ring substituents is 1. The first kappa shape index (κ1) is 15.2. The topological polar surface area (TPSA) is 83.7 Å². The van der Waals surface area contributed by atoms with E-state index in [2.05, 4.69) is 0 Å². The molecule has 0 spiro atoms. The number of rotatable bonds is 5. The van der Waals surface area contributed by atoms with Gasteiger partial charge in [-0.05, 0) is 25.3 Å². The second-order valence-corrected chi connectivity index (χ2v) is 5.27. The Kier molecular flexibility index (Phi) is 4.11. The van der Waals surface area contributed by atoms with Crippen LogP contribution in [0.15, 0.2) is 18.2 Å². The summed E-state index contributed by atoms with van der Waals surface area (Å²) in [5, 5.41) is 20.5. The Morgan fingerprint density at radius 1 is 1.52 bits per heavy atom. The zero-order valence-electron chi connectivity index (χ0n) is 11.7. The van der Waals surface area contributed by atoms with Crippen molar-refractivity contribution in [3.05, 3.63) is 34.1 Å². The van der Waals surface area contributed by atoms with Gasteiger partial charge in [0.2, 0.25) is 0 Å². The van der Waals surface area contributed by atoms with E-state index in [1.165, 1.54) is 6.07 Å². The summed E-state index contributed by atoms with van der Waals surface area (Å²) in [4.78, 5) is 23.5. The molecule has 0 saturated carbocycles. The van der Waals surface area contributed by atoms with Crippen LogP contribution in [0.25, 0.3) is 0 Å². The number of carbonyl (C=O) groups is 1. The number of aliphatic carboxylic acids is 1. The molecule has 7 heteroatoms. The number of nitrogens with zero attached hydrogens (tertiary/aromatic N) is 2. The van der Waals surface area contributed by atoms with Gasteiger partial charge >= 0.3 is 5.97 Å². The summed E-state index contributed by atoms with van der Waals surface area (Å²) in [6.07, 6.45) is 2.21. The van der Waals surface area contributed by atoms with Gasteiger partial charge in [0.25, 0.3) is 5.69 Å². The van der Waals surface area contributed by atoms with Gasteiger partial charge in [0.05, 0.1) is 11.0 Å². The molecular formula is C14H17FN2O4.